The first-order chi connectivity index (χ1) is 16.7. The van der Waals surface area contributed by atoms with Crippen molar-refractivity contribution in [2.24, 2.45) is 0 Å². The van der Waals surface area contributed by atoms with Gasteiger partial charge in [0.2, 0.25) is 0 Å². The Hall–Kier alpha value is -3.79. The summed E-state index contributed by atoms with van der Waals surface area (Å²) in [7, 11) is 0. The molecule has 2 aliphatic rings. The fraction of sp³-hybridized carbons (Fsp3) is 0.333. The molecule has 1 saturated heterocycles. The monoisotopic (exact) mass is 461 g/mol. The van der Waals surface area contributed by atoms with Gasteiger partial charge < -0.3 is 15.4 Å². The lowest BCUT2D eigenvalue weighted by molar-refractivity contribution is 0.0947. The first kappa shape index (κ1) is 20.8. The van der Waals surface area contributed by atoms with E-state index in [9.17, 15) is 9.18 Å². The molecule has 6 rings (SSSR count). The summed E-state index contributed by atoms with van der Waals surface area (Å²) in [6.07, 6.45) is 9.27. The molecule has 0 radical (unpaired) electrons. The summed E-state index contributed by atoms with van der Waals surface area (Å²) < 4.78 is 22.5. The van der Waals surface area contributed by atoms with Crippen LogP contribution in [0.4, 0.5) is 10.2 Å². The number of H-pyrrole nitrogens is 1. The van der Waals surface area contributed by atoms with Crippen LogP contribution in [-0.4, -0.2) is 55.8 Å². The smallest absolute Gasteiger partial charge is 0.254 e. The van der Waals surface area contributed by atoms with Crippen molar-refractivity contribution in [3.63, 3.8) is 0 Å². The van der Waals surface area contributed by atoms with Crippen LogP contribution in [0, 0.1) is 5.82 Å². The van der Waals surface area contributed by atoms with E-state index < -0.39 is 5.82 Å². The molecule has 0 bridgehead atoms. The number of fused-ring (bicyclic) bond motifs is 1. The van der Waals surface area contributed by atoms with E-state index in [4.69, 9.17) is 9.72 Å². The van der Waals surface area contributed by atoms with Crippen molar-refractivity contribution < 1.29 is 13.9 Å². The summed E-state index contributed by atoms with van der Waals surface area (Å²) in [6, 6.07) is 6.64. The molecule has 1 aromatic carbocycles. The average molecular weight is 462 g/mol. The van der Waals surface area contributed by atoms with Crippen molar-refractivity contribution in [1.82, 2.24) is 29.9 Å². The minimum absolute atomic E-state index is 0.0446. The van der Waals surface area contributed by atoms with Gasteiger partial charge in [-0.25, -0.2) is 14.4 Å². The highest BCUT2D eigenvalue weighted by molar-refractivity contribution is 5.95. The Morgan fingerprint density at radius 2 is 2.18 bits per heavy atom. The van der Waals surface area contributed by atoms with Gasteiger partial charge in [-0.15, -0.1) is 0 Å². The first-order valence-electron chi connectivity index (χ1n) is 11.5. The molecule has 174 valence electrons. The molecule has 1 amide bonds. The van der Waals surface area contributed by atoms with Crippen molar-refractivity contribution in [2.75, 3.05) is 18.5 Å². The Balaban J connectivity index is 1.38. The summed E-state index contributed by atoms with van der Waals surface area (Å²) in [5.74, 6) is -0.337. The van der Waals surface area contributed by atoms with Crippen LogP contribution in [0.25, 0.3) is 28.3 Å². The minimum atomic E-state index is -0.565. The molecule has 3 aromatic heterocycles. The number of carbonyl (C=O) groups excluding carboxylic acids is 1. The number of hydrogen-bond acceptors (Lipinski definition) is 6. The van der Waals surface area contributed by atoms with Crippen LogP contribution < -0.4 is 10.6 Å². The van der Waals surface area contributed by atoms with Gasteiger partial charge >= 0.3 is 0 Å². The molecular weight excluding hydrogens is 437 g/mol. The molecule has 34 heavy (non-hydrogen) atoms. The van der Waals surface area contributed by atoms with Crippen LogP contribution in [0.1, 0.15) is 36.0 Å². The van der Waals surface area contributed by atoms with Gasteiger partial charge in [-0.3, -0.25) is 14.3 Å². The average Bonchev–Trinajstić information content (AvgIpc) is 3.28. The minimum Gasteiger partial charge on any atom is -0.376 e. The number of nitrogens with one attached hydrogen (secondary N) is 3. The Bertz CT molecular complexity index is 1340. The highest BCUT2D eigenvalue weighted by atomic mass is 19.1. The summed E-state index contributed by atoms with van der Waals surface area (Å²) in [5, 5.41) is 13.2. The topological polar surface area (TPSA) is 109 Å². The normalized spacial score (nSPS) is 17.9. The summed E-state index contributed by atoms with van der Waals surface area (Å²) in [4.78, 5) is 21.6. The number of anilines is 1. The summed E-state index contributed by atoms with van der Waals surface area (Å²) in [5.41, 5.74) is 3.38. The van der Waals surface area contributed by atoms with Crippen molar-refractivity contribution in [3.8, 4) is 22.6 Å². The Morgan fingerprint density at radius 3 is 2.91 bits per heavy atom. The van der Waals surface area contributed by atoms with E-state index in [1.807, 2.05) is 16.7 Å². The fourth-order valence-electron chi connectivity index (χ4n) is 4.21. The van der Waals surface area contributed by atoms with Crippen LogP contribution in [0.3, 0.4) is 0 Å². The molecule has 3 N–H and O–H groups in total. The van der Waals surface area contributed by atoms with Gasteiger partial charge in [0, 0.05) is 37.2 Å². The van der Waals surface area contributed by atoms with Crippen LogP contribution >= 0.6 is 0 Å². The highest BCUT2D eigenvalue weighted by Crippen LogP contribution is 2.29. The molecule has 4 aromatic rings. The van der Waals surface area contributed by atoms with E-state index >= 15 is 0 Å². The van der Waals surface area contributed by atoms with Gasteiger partial charge in [0.15, 0.2) is 11.5 Å². The number of aromatic nitrogens is 5. The van der Waals surface area contributed by atoms with Gasteiger partial charge in [-0.1, -0.05) is 6.07 Å². The molecule has 1 atom stereocenters. The molecule has 1 saturated carbocycles. The zero-order chi connectivity index (χ0) is 23.1. The van der Waals surface area contributed by atoms with Crippen molar-refractivity contribution in [3.05, 3.63) is 54.2 Å². The molecular formula is C24H24FN7O2. The van der Waals surface area contributed by atoms with E-state index in [-0.39, 0.29) is 23.6 Å². The van der Waals surface area contributed by atoms with Gasteiger partial charge in [0.25, 0.3) is 5.91 Å². The number of rotatable bonds is 7. The van der Waals surface area contributed by atoms with E-state index in [1.165, 1.54) is 12.1 Å². The number of nitrogens with zero attached hydrogens (tertiary/aromatic N) is 4. The number of hydrogen-bond donors (Lipinski definition) is 3. The lowest BCUT2D eigenvalue weighted by Gasteiger charge is -2.13. The Labute approximate surface area is 194 Å². The number of ether oxygens (including phenoxy) is 1. The number of amides is 1. The fourth-order valence-corrected chi connectivity index (χ4v) is 4.21. The number of halogens is 1. The van der Waals surface area contributed by atoms with Crippen LogP contribution in [0.2, 0.25) is 0 Å². The van der Waals surface area contributed by atoms with Gasteiger partial charge in [0.1, 0.15) is 11.5 Å². The van der Waals surface area contributed by atoms with Crippen molar-refractivity contribution in [2.45, 2.75) is 37.8 Å². The van der Waals surface area contributed by atoms with Crippen LogP contribution in [-0.2, 0) is 4.74 Å². The molecule has 4 heterocycles. The maximum Gasteiger partial charge on any atom is 0.254 e. The predicted molar refractivity (Wildman–Crippen MR) is 124 cm³/mol. The number of carbonyl (C=O) groups is 1. The second-order valence-corrected chi connectivity index (χ2v) is 8.74. The molecule has 1 aliphatic heterocycles. The van der Waals surface area contributed by atoms with Crippen molar-refractivity contribution in [1.29, 1.82) is 0 Å². The maximum atomic E-state index is 14.9. The Kier molecular flexibility index (Phi) is 5.21. The third-order valence-electron chi connectivity index (χ3n) is 6.21. The zero-order valence-corrected chi connectivity index (χ0v) is 18.4. The molecule has 10 heteroatoms. The predicted octanol–water partition coefficient (Wildman–Crippen LogP) is 3.41. The highest BCUT2D eigenvalue weighted by Gasteiger charge is 2.25. The van der Waals surface area contributed by atoms with E-state index in [0.29, 0.717) is 35.0 Å². The third kappa shape index (κ3) is 4.01. The third-order valence-corrected chi connectivity index (χ3v) is 6.21. The second-order valence-electron chi connectivity index (χ2n) is 8.74. The van der Waals surface area contributed by atoms with E-state index in [2.05, 4.69) is 25.8 Å². The van der Waals surface area contributed by atoms with Crippen molar-refractivity contribution >= 4 is 17.4 Å². The standard InChI is InChI=1S/C24H24FN7O2/c25-18-10-14(3-6-17(18)24(33)29-15-4-5-15)21-12-27-23-22(26-11-16-2-1-9-34-16)30-20(13-32(21)23)19-7-8-28-31-19/h3,6-8,10,12-13,15-16H,1-2,4-5,9,11H2,(H,26,30)(H,28,31)(H,29,33). The SMILES string of the molecule is O=C(NC1CC1)c1ccc(-c2cnc3c(NCC4CCCO4)nc(-c4ccn[nH]4)cn23)cc1F. The maximum absolute atomic E-state index is 14.9. The summed E-state index contributed by atoms with van der Waals surface area (Å²) in [6.45, 7) is 1.40. The summed E-state index contributed by atoms with van der Waals surface area (Å²) >= 11 is 0. The van der Waals surface area contributed by atoms with Gasteiger partial charge in [-0.2, -0.15) is 5.10 Å². The lowest BCUT2D eigenvalue weighted by atomic mass is 10.1. The quantitative estimate of drug-likeness (QED) is 0.389. The first-order valence-corrected chi connectivity index (χ1v) is 11.5. The number of aromatic amines is 1. The molecule has 0 spiro atoms. The lowest BCUT2D eigenvalue weighted by Crippen LogP contribution is -2.26. The van der Waals surface area contributed by atoms with E-state index in [1.54, 1.807) is 18.5 Å². The van der Waals surface area contributed by atoms with Gasteiger partial charge in [-0.05, 0) is 43.9 Å². The number of benzene rings is 1. The molecule has 2 fully saturated rings. The van der Waals surface area contributed by atoms with Crippen LogP contribution in [0.5, 0.6) is 0 Å². The molecule has 9 nitrogen and oxygen atoms in total. The number of imidazole rings is 1. The molecule has 1 aliphatic carbocycles. The zero-order valence-electron chi connectivity index (χ0n) is 18.4. The molecule has 1 unspecified atom stereocenters. The second kappa shape index (κ2) is 8.53. The Morgan fingerprint density at radius 1 is 1.26 bits per heavy atom. The van der Waals surface area contributed by atoms with Crippen LogP contribution in [0.15, 0.2) is 42.9 Å². The largest absolute Gasteiger partial charge is 0.376 e. The van der Waals surface area contributed by atoms with Gasteiger partial charge in [0.05, 0.1) is 29.3 Å². The van der Waals surface area contributed by atoms with E-state index in [0.717, 1.165) is 38.0 Å².